The fraction of sp³-hybridized carbons (Fsp3) is 0.167. The van der Waals surface area contributed by atoms with Crippen LogP contribution in [0.5, 0.6) is 11.6 Å². The number of aryl methyl sites for hydroxylation is 1. The second-order valence-electron chi connectivity index (χ2n) is 7.36. The molecule has 7 nitrogen and oxygen atoms in total. The summed E-state index contributed by atoms with van der Waals surface area (Å²) in [6, 6.07) is 14.8. The number of benzene rings is 2. The molecule has 2 aromatic heterocycles. The predicted octanol–water partition coefficient (Wildman–Crippen LogP) is 4.70. The van der Waals surface area contributed by atoms with Crippen LogP contribution in [-0.2, 0) is 11.2 Å². The first-order valence-electron chi connectivity index (χ1n) is 10.1. The molecule has 0 aliphatic heterocycles. The van der Waals surface area contributed by atoms with Crippen LogP contribution in [-0.4, -0.2) is 25.7 Å². The van der Waals surface area contributed by atoms with E-state index >= 15 is 0 Å². The lowest BCUT2D eigenvalue weighted by molar-refractivity contribution is -0.115. The predicted molar refractivity (Wildman–Crippen MR) is 119 cm³/mol. The molecule has 0 aliphatic rings. The highest BCUT2D eigenvalue weighted by Crippen LogP contribution is 2.23. The summed E-state index contributed by atoms with van der Waals surface area (Å²) in [6.07, 6.45) is 1.38. The van der Waals surface area contributed by atoms with Gasteiger partial charge in [0.15, 0.2) is 5.82 Å². The molecule has 8 heteroatoms. The average Bonchev–Trinajstić information content (AvgIpc) is 3.04. The first-order chi connectivity index (χ1) is 15.4. The van der Waals surface area contributed by atoms with Gasteiger partial charge in [0.25, 0.3) is 0 Å². The standard InChI is InChI=1S/C24H22FN5O2/c1-15-16(2)29-30(17(15)3)22-13-24(27-14-26-22)32-20-10-8-19(9-11-20)28-23(31)12-18-6-4-5-7-21(18)25/h4-11,13-14H,12H2,1-3H3,(H,28,31). The summed E-state index contributed by atoms with van der Waals surface area (Å²) < 4.78 is 21.3. The number of halogens is 1. The molecule has 2 aromatic carbocycles. The Balaban J connectivity index is 1.42. The monoisotopic (exact) mass is 431 g/mol. The summed E-state index contributed by atoms with van der Waals surface area (Å²) in [5, 5.41) is 7.26. The first kappa shape index (κ1) is 21.2. The molecule has 0 saturated carbocycles. The number of rotatable bonds is 6. The third-order valence-electron chi connectivity index (χ3n) is 5.17. The van der Waals surface area contributed by atoms with E-state index in [1.165, 1.54) is 12.4 Å². The van der Waals surface area contributed by atoms with Gasteiger partial charge in [0.05, 0.1) is 12.1 Å². The van der Waals surface area contributed by atoms with Gasteiger partial charge in [0, 0.05) is 17.4 Å². The Labute approximate surface area is 184 Å². The number of nitrogens with one attached hydrogen (secondary N) is 1. The third kappa shape index (κ3) is 4.64. The number of nitrogens with zero attached hydrogens (tertiary/aromatic N) is 4. The van der Waals surface area contributed by atoms with Gasteiger partial charge in [-0.1, -0.05) is 18.2 Å². The second-order valence-corrected chi connectivity index (χ2v) is 7.36. The minimum atomic E-state index is -0.397. The number of aromatic nitrogens is 4. The van der Waals surface area contributed by atoms with E-state index in [0.717, 1.165) is 17.0 Å². The fourth-order valence-electron chi connectivity index (χ4n) is 3.19. The molecule has 0 bridgehead atoms. The minimum Gasteiger partial charge on any atom is -0.439 e. The van der Waals surface area contributed by atoms with E-state index in [1.54, 1.807) is 53.2 Å². The maximum atomic E-state index is 13.7. The normalized spacial score (nSPS) is 10.8. The van der Waals surface area contributed by atoms with E-state index in [-0.39, 0.29) is 12.3 Å². The van der Waals surface area contributed by atoms with Gasteiger partial charge in [-0.15, -0.1) is 0 Å². The van der Waals surface area contributed by atoms with E-state index in [2.05, 4.69) is 20.4 Å². The number of ether oxygens (including phenoxy) is 1. The molecule has 4 aromatic rings. The summed E-state index contributed by atoms with van der Waals surface area (Å²) in [5.74, 6) is 0.833. The van der Waals surface area contributed by atoms with Gasteiger partial charge in [-0.05, 0) is 62.2 Å². The fourth-order valence-corrected chi connectivity index (χ4v) is 3.19. The summed E-state index contributed by atoms with van der Waals surface area (Å²) >= 11 is 0. The van der Waals surface area contributed by atoms with Crippen molar-refractivity contribution < 1.29 is 13.9 Å². The van der Waals surface area contributed by atoms with Crippen LogP contribution in [0.1, 0.15) is 22.5 Å². The lowest BCUT2D eigenvalue weighted by Crippen LogP contribution is -2.15. The van der Waals surface area contributed by atoms with Gasteiger partial charge in [-0.25, -0.2) is 19.0 Å². The first-order valence-corrected chi connectivity index (χ1v) is 10.1. The Hall–Kier alpha value is -4.07. The Morgan fingerprint density at radius 1 is 1.06 bits per heavy atom. The van der Waals surface area contributed by atoms with Crippen molar-refractivity contribution in [2.75, 3.05) is 5.32 Å². The van der Waals surface area contributed by atoms with Crippen molar-refractivity contribution in [3.05, 3.63) is 89.3 Å². The Morgan fingerprint density at radius 2 is 1.81 bits per heavy atom. The van der Waals surface area contributed by atoms with Crippen molar-refractivity contribution in [3.63, 3.8) is 0 Å². The van der Waals surface area contributed by atoms with Crippen molar-refractivity contribution in [3.8, 4) is 17.4 Å². The van der Waals surface area contributed by atoms with E-state index < -0.39 is 5.82 Å². The Kier molecular flexibility index (Phi) is 5.93. The molecule has 0 fully saturated rings. The van der Waals surface area contributed by atoms with Crippen molar-refractivity contribution >= 4 is 11.6 Å². The number of hydrogen-bond acceptors (Lipinski definition) is 5. The largest absolute Gasteiger partial charge is 0.439 e. The molecular formula is C24H22FN5O2. The SMILES string of the molecule is Cc1nn(-c2cc(Oc3ccc(NC(=O)Cc4ccccc4F)cc3)ncn2)c(C)c1C. The Bertz CT molecular complexity index is 1270. The van der Waals surface area contributed by atoms with Crippen LogP contribution in [0.4, 0.5) is 10.1 Å². The molecule has 0 spiro atoms. The van der Waals surface area contributed by atoms with E-state index in [1.807, 2.05) is 20.8 Å². The van der Waals surface area contributed by atoms with E-state index in [9.17, 15) is 9.18 Å². The van der Waals surface area contributed by atoms with Crippen molar-refractivity contribution in [1.29, 1.82) is 0 Å². The number of anilines is 1. The summed E-state index contributed by atoms with van der Waals surface area (Å²) in [7, 11) is 0. The average molecular weight is 431 g/mol. The van der Waals surface area contributed by atoms with E-state index in [4.69, 9.17) is 4.74 Å². The lowest BCUT2D eigenvalue weighted by Gasteiger charge is -2.09. The molecule has 0 aliphatic carbocycles. The molecule has 1 N–H and O–H groups in total. The van der Waals surface area contributed by atoms with Crippen LogP contribution >= 0.6 is 0 Å². The summed E-state index contributed by atoms with van der Waals surface area (Å²) in [6.45, 7) is 5.95. The maximum absolute atomic E-state index is 13.7. The number of hydrogen-bond donors (Lipinski definition) is 1. The van der Waals surface area contributed by atoms with Gasteiger partial charge in [-0.3, -0.25) is 4.79 Å². The summed E-state index contributed by atoms with van der Waals surface area (Å²) in [5.41, 5.74) is 3.99. The molecule has 0 atom stereocenters. The highest BCUT2D eigenvalue weighted by Gasteiger charge is 2.12. The highest BCUT2D eigenvalue weighted by atomic mass is 19.1. The minimum absolute atomic E-state index is 0.0412. The van der Waals surface area contributed by atoms with Crippen molar-refractivity contribution in [2.45, 2.75) is 27.2 Å². The van der Waals surface area contributed by atoms with Gasteiger partial charge < -0.3 is 10.1 Å². The molecule has 0 saturated heterocycles. The van der Waals surface area contributed by atoms with Crippen LogP contribution in [0, 0.1) is 26.6 Å². The van der Waals surface area contributed by atoms with Crippen LogP contribution in [0.15, 0.2) is 60.9 Å². The third-order valence-corrected chi connectivity index (χ3v) is 5.17. The van der Waals surface area contributed by atoms with Crippen molar-refractivity contribution in [2.24, 2.45) is 0 Å². The van der Waals surface area contributed by atoms with Crippen LogP contribution < -0.4 is 10.1 Å². The van der Waals surface area contributed by atoms with Gasteiger partial charge in [0.2, 0.25) is 11.8 Å². The highest BCUT2D eigenvalue weighted by molar-refractivity contribution is 5.92. The zero-order valence-electron chi connectivity index (χ0n) is 18.0. The van der Waals surface area contributed by atoms with Gasteiger partial charge in [0.1, 0.15) is 17.9 Å². The molecule has 4 rings (SSSR count). The Morgan fingerprint density at radius 3 is 2.50 bits per heavy atom. The molecule has 2 heterocycles. The molecule has 0 radical (unpaired) electrons. The number of amides is 1. The topological polar surface area (TPSA) is 81.9 Å². The maximum Gasteiger partial charge on any atom is 0.228 e. The summed E-state index contributed by atoms with van der Waals surface area (Å²) in [4.78, 5) is 20.7. The lowest BCUT2D eigenvalue weighted by atomic mass is 10.1. The molecule has 0 unspecified atom stereocenters. The van der Waals surface area contributed by atoms with Crippen molar-refractivity contribution in [1.82, 2.24) is 19.7 Å². The van der Waals surface area contributed by atoms with Gasteiger partial charge in [-0.2, -0.15) is 5.10 Å². The zero-order chi connectivity index (χ0) is 22.7. The molecule has 162 valence electrons. The molecule has 32 heavy (non-hydrogen) atoms. The quantitative estimate of drug-likeness (QED) is 0.479. The van der Waals surface area contributed by atoms with Gasteiger partial charge >= 0.3 is 0 Å². The van der Waals surface area contributed by atoms with E-state index in [0.29, 0.717) is 28.7 Å². The zero-order valence-corrected chi connectivity index (χ0v) is 18.0. The van der Waals surface area contributed by atoms with Crippen LogP contribution in [0.3, 0.4) is 0 Å². The molecular weight excluding hydrogens is 409 g/mol. The van der Waals surface area contributed by atoms with Crippen LogP contribution in [0.25, 0.3) is 5.82 Å². The van der Waals surface area contributed by atoms with Crippen LogP contribution in [0.2, 0.25) is 0 Å². The smallest absolute Gasteiger partial charge is 0.228 e. The number of carbonyl (C=O) groups is 1. The second kappa shape index (κ2) is 8.97. The number of carbonyl (C=O) groups excluding carboxylic acids is 1. The molecule has 1 amide bonds.